The van der Waals surface area contributed by atoms with E-state index in [0.717, 1.165) is 27.9 Å². The fraction of sp³-hybridized carbons (Fsp3) is 0.111. The average Bonchev–Trinajstić information content (AvgIpc) is 2.89. The summed E-state index contributed by atoms with van der Waals surface area (Å²) in [5.74, 6) is 7.14. The van der Waals surface area contributed by atoms with Gasteiger partial charge in [0.2, 0.25) is 0 Å². The molecule has 0 spiro atoms. The zero-order valence-corrected chi connectivity index (χ0v) is 11.3. The van der Waals surface area contributed by atoms with Crippen LogP contribution in [0.2, 0.25) is 0 Å². The predicted octanol–water partition coefficient (Wildman–Crippen LogP) is 3.60. The molecule has 2 N–H and O–H groups in total. The van der Waals surface area contributed by atoms with Gasteiger partial charge in [-0.3, -0.25) is 0 Å². The van der Waals surface area contributed by atoms with Crippen LogP contribution in [-0.2, 0) is 6.54 Å². The van der Waals surface area contributed by atoms with Crippen LogP contribution < -0.4 is 5.73 Å². The van der Waals surface area contributed by atoms with Crippen LogP contribution in [0.5, 0.6) is 0 Å². The first-order chi connectivity index (χ1) is 9.74. The highest BCUT2D eigenvalue weighted by Crippen LogP contribution is 2.20. The Morgan fingerprint density at radius 3 is 2.40 bits per heavy atom. The van der Waals surface area contributed by atoms with Crippen molar-refractivity contribution < 1.29 is 4.42 Å². The Kier molecular flexibility index (Phi) is 3.28. The van der Waals surface area contributed by atoms with Gasteiger partial charge in [0, 0.05) is 16.5 Å². The van der Waals surface area contributed by atoms with E-state index in [1.807, 2.05) is 36.4 Å². The minimum absolute atomic E-state index is 0.416. The van der Waals surface area contributed by atoms with E-state index in [4.69, 9.17) is 10.2 Å². The lowest BCUT2D eigenvalue weighted by Gasteiger charge is -1.93. The number of furan rings is 1. The maximum absolute atomic E-state index is 5.58. The predicted molar refractivity (Wildman–Crippen MR) is 81.3 cm³/mol. The van der Waals surface area contributed by atoms with Crippen molar-refractivity contribution in [3.63, 3.8) is 0 Å². The van der Waals surface area contributed by atoms with Crippen molar-refractivity contribution >= 4 is 11.0 Å². The summed E-state index contributed by atoms with van der Waals surface area (Å²) in [5.41, 5.74) is 9.66. The standard InChI is InChI=1S/C18H15NO/c1-13-2-4-14(5-3-13)6-7-15-8-9-18-16(10-15)11-17(12-19)20-18/h2-5,8-11H,12,19H2,1H3. The van der Waals surface area contributed by atoms with Crippen LogP contribution in [0, 0.1) is 18.8 Å². The third-order valence-electron chi connectivity index (χ3n) is 3.17. The van der Waals surface area contributed by atoms with E-state index >= 15 is 0 Å². The molecule has 0 amide bonds. The van der Waals surface area contributed by atoms with Gasteiger partial charge in [0.05, 0.1) is 6.54 Å². The van der Waals surface area contributed by atoms with Crippen molar-refractivity contribution in [1.82, 2.24) is 0 Å². The second-order valence-corrected chi connectivity index (χ2v) is 4.79. The van der Waals surface area contributed by atoms with E-state index in [0.29, 0.717) is 6.54 Å². The summed E-state index contributed by atoms with van der Waals surface area (Å²) in [6, 6.07) is 16.1. The van der Waals surface area contributed by atoms with E-state index in [2.05, 4.69) is 30.9 Å². The van der Waals surface area contributed by atoms with Crippen molar-refractivity contribution in [2.75, 3.05) is 0 Å². The average molecular weight is 261 g/mol. The lowest BCUT2D eigenvalue weighted by atomic mass is 10.1. The fourth-order valence-electron chi connectivity index (χ4n) is 2.06. The van der Waals surface area contributed by atoms with E-state index in [-0.39, 0.29) is 0 Å². The second kappa shape index (κ2) is 5.24. The Labute approximate surface area is 118 Å². The topological polar surface area (TPSA) is 39.2 Å². The van der Waals surface area contributed by atoms with Crippen LogP contribution in [0.4, 0.5) is 0 Å². The van der Waals surface area contributed by atoms with Crippen LogP contribution in [-0.4, -0.2) is 0 Å². The highest BCUT2D eigenvalue weighted by Gasteiger charge is 2.02. The maximum Gasteiger partial charge on any atom is 0.134 e. The molecule has 20 heavy (non-hydrogen) atoms. The minimum Gasteiger partial charge on any atom is -0.460 e. The molecule has 0 bridgehead atoms. The molecular formula is C18H15NO. The van der Waals surface area contributed by atoms with Gasteiger partial charge in [-0.2, -0.15) is 0 Å². The summed E-state index contributed by atoms with van der Waals surface area (Å²) in [5, 5.41) is 1.04. The molecule has 0 radical (unpaired) electrons. The molecule has 2 heteroatoms. The van der Waals surface area contributed by atoms with Gasteiger partial charge in [-0.05, 0) is 43.3 Å². The van der Waals surface area contributed by atoms with Gasteiger partial charge in [0.1, 0.15) is 11.3 Å². The molecule has 0 aliphatic heterocycles. The molecule has 0 aliphatic rings. The zero-order chi connectivity index (χ0) is 13.9. The van der Waals surface area contributed by atoms with Crippen LogP contribution in [0.3, 0.4) is 0 Å². The van der Waals surface area contributed by atoms with Crippen molar-refractivity contribution in [2.24, 2.45) is 5.73 Å². The van der Waals surface area contributed by atoms with E-state index in [1.54, 1.807) is 0 Å². The molecule has 3 rings (SSSR count). The third kappa shape index (κ3) is 2.59. The Bertz CT molecular complexity index is 801. The van der Waals surface area contributed by atoms with Crippen LogP contribution >= 0.6 is 0 Å². The zero-order valence-electron chi connectivity index (χ0n) is 11.3. The maximum atomic E-state index is 5.58. The van der Waals surface area contributed by atoms with Crippen LogP contribution in [0.1, 0.15) is 22.5 Å². The van der Waals surface area contributed by atoms with Crippen LogP contribution in [0.15, 0.2) is 52.9 Å². The van der Waals surface area contributed by atoms with Crippen molar-refractivity contribution in [2.45, 2.75) is 13.5 Å². The molecule has 0 unspecified atom stereocenters. The monoisotopic (exact) mass is 261 g/mol. The van der Waals surface area contributed by atoms with Gasteiger partial charge in [-0.1, -0.05) is 29.5 Å². The number of hydrogen-bond donors (Lipinski definition) is 1. The highest BCUT2D eigenvalue weighted by atomic mass is 16.3. The first-order valence-electron chi connectivity index (χ1n) is 6.56. The van der Waals surface area contributed by atoms with Crippen molar-refractivity contribution in [1.29, 1.82) is 0 Å². The summed E-state index contributed by atoms with van der Waals surface area (Å²) < 4.78 is 5.57. The summed E-state index contributed by atoms with van der Waals surface area (Å²) in [7, 11) is 0. The lowest BCUT2D eigenvalue weighted by molar-refractivity contribution is 0.552. The van der Waals surface area contributed by atoms with Gasteiger partial charge < -0.3 is 10.2 Å². The smallest absolute Gasteiger partial charge is 0.134 e. The largest absolute Gasteiger partial charge is 0.460 e. The molecule has 0 fully saturated rings. The Hall–Kier alpha value is -2.50. The quantitative estimate of drug-likeness (QED) is 0.680. The van der Waals surface area contributed by atoms with E-state index in [1.165, 1.54) is 5.56 Å². The molecule has 0 saturated heterocycles. The SMILES string of the molecule is Cc1ccc(C#Cc2ccc3oc(CN)cc3c2)cc1. The number of nitrogens with two attached hydrogens (primary N) is 1. The molecule has 2 aromatic carbocycles. The van der Waals surface area contributed by atoms with Crippen molar-refractivity contribution in [3.05, 3.63) is 71.0 Å². The van der Waals surface area contributed by atoms with Gasteiger partial charge in [0.15, 0.2) is 0 Å². The molecule has 2 nitrogen and oxygen atoms in total. The van der Waals surface area contributed by atoms with Gasteiger partial charge in [0.25, 0.3) is 0 Å². The van der Waals surface area contributed by atoms with Gasteiger partial charge in [-0.15, -0.1) is 0 Å². The highest BCUT2D eigenvalue weighted by molar-refractivity contribution is 5.79. The molecular weight excluding hydrogens is 246 g/mol. The summed E-state index contributed by atoms with van der Waals surface area (Å²) in [6.45, 7) is 2.48. The fourth-order valence-corrected chi connectivity index (χ4v) is 2.06. The molecule has 0 saturated carbocycles. The molecule has 98 valence electrons. The first-order valence-corrected chi connectivity index (χ1v) is 6.56. The summed E-state index contributed by atoms with van der Waals surface area (Å²) in [4.78, 5) is 0. The Morgan fingerprint density at radius 2 is 1.65 bits per heavy atom. The van der Waals surface area contributed by atoms with Gasteiger partial charge in [-0.25, -0.2) is 0 Å². The summed E-state index contributed by atoms with van der Waals surface area (Å²) >= 11 is 0. The van der Waals surface area contributed by atoms with E-state index in [9.17, 15) is 0 Å². The normalized spacial score (nSPS) is 10.3. The Morgan fingerprint density at radius 1 is 0.950 bits per heavy atom. The number of rotatable bonds is 1. The first kappa shape index (κ1) is 12.5. The van der Waals surface area contributed by atoms with Gasteiger partial charge >= 0.3 is 0 Å². The molecule has 3 aromatic rings. The molecule has 1 aromatic heterocycles. The number of aryl methyl sites for hydroxylation is 1. The number of hydrogen-bond acceptors (Lipinski definition) is 2. The second-order valence-electron chi connectivity index (χ2n) is 4.79. The molecule has 0 atom stereocenters. The summed E-state index contributed by atoms with van der Waals surface area (Å²) in [6.07, 6.45) is 0. The number of benzene rings is 2. The lowest BCUT2D eigenvalue weighted by Crippen LogP contribution is -1.92. The molecule has 0 aliphatic carbocycles. The minimum atomic E-state index is 0.416. The van der Waals surface area contributed by atoms with Crippen molar-refractivity contribution in [3.8, 4) is 11.8 Å². The third-order valence-corrected chi connectivity index (χ3v) is 3.17. The molecule has 1 heterocycles. The van der Waals surface area contributed by atoms with Crippen LogP contribution in [0.25, 0.3) is 11.0 Å². The Balaban J connectivity index is 1.93. The number of fused-ring (bicyclic) bond motifs is 1. The van der Waals surface area contributed by atoms with E-state index < -0.39 is 0 Å².